The summed E-state index contributed by atoms with van der Waals surface area (Å²) < 4.78 is 0. The lowest BCUT2D eigenvalue weighted by atomic mass is 9.58. The zero-order valence-electron chi connectivity index (χ0n) is 24.9. The van der Waals surface area contributed by atoms with Crippen molar-refractivity contribution >= 4 is 17.9 Å². The van der Waals surface area contributed by atoms with E-state index in [1.54, 1.807) is 0 Å². The van der Waals surface area contributed by atoms with Crippen LogP contribution in [0.5, 0.6) is 0 Å². The van der Waals surface area contributed by atoms with Crippen molar-refractivity contribution in [2.75, 3.05) is 0 Å². The molecule has 0 aromatic carbocycles. The fraction of sp³-hybridized carbons (Fsp3) is 0.900. The van der Waals surface area contributed by atoms with Crippen molar-refractivity contribution in [3.63, 3.8) is 0 Å². The number of carbonyl (C=O) groups is 3. The summed E-state index contributed by atoms with van der Waals surface area (Å²) in [4.78, 5) is 38.4. The molecule has 0 fully saturated rings. The third kappa shape index (κ3) is 10.6. The quantitative estimate of drug-likeness (QED) is 0.134. The van der Waals surface area contributed by atoms with Gasteiger partial charge in [-0.15, -0.1) is 0 Å². The summed E-state index contributed by atoms with van der Waals surface area (Å²) in [6, 6.07) is 0. The van der Waals surface area contributed by atoms with Crippen LogP contribution in [0.15, 0.2) is 0 Å². The predicted molar refractivity (Wildman–Crippen MR) is 147 cm³/mol. The summed E-state index contributed by atoms with van der Waals surface area (Å²) in [7, 11) is 0. The lowest BCUT2D eigenvalue weighted by Gasteiger charge is -2.45. The minimum atomic E-state index is -2.93. The van der Waals surface area contributed by atoms with E-state index in [1.807, 2.05) is 20.8 Å². The van der Waals surface area contributed by atoms with E-state index in [4.69, 9.17) is 0 Å². The second-order valence-corrected chi connectivity index (χ2v) is 13.2. The maximum absolute atomic E-state index is 13.0. The first-order valence-corrected chi connectivity index (χ1v) is 14.3. The van der Waals surface area contributed by atoms with Crippen LogP contribution >= 0.6 is 0 Å². The topological polar surface area (TPSA) is 132 Å². The van der Waals surface area contributed by atoms with E-state index in [0.29, 0.717) is 37.0 Å². The molecule has 37 heavy (non-hydrogen) atoms. The summed E-state index contributed by atoms with van der Waals surface area (Å²) in [5, 5.41) is 43.1. The zero-order chi connectivity index (χ0) is 29.1. The van der Waals surface area contributed by atoms with Crippen LogP contribution in [0.25, 0.3) is 0 Å². The lowest BCUT2D eigenvalue weighted by Crippen LogP contribution is -2.64. The summed E-state index contributed by atoms with van der Waals surface area (Å²) >= 11 is 0. The molecule has 5 unspecified atom stereocenters. The number of carboxylic acids is 3. The van der Waals surface area contributed by atoms with Gasteiger partial charge in [-0.1, -0.05) is 62.3 Å². The van der Waals surface area contributed by atoms with Gasteiger partial charge in [-0.05, 0) is 93.3 Å². The van der Waals surface area contributed by atoms with E-state index in [-0.39, 0.29) is 37.0 Å². The fourth-order valence-electron chi connectivity index (χ4n) is 6.29. The Morgan fingerprint density at radius 3 is 1.19 bits per heavy atom. The molecule has 0 saturated heterocycles. The van der Waals surface area contributed by atoms with E-state index < -0.39 is 34.8 Å². The Morgan fingerprint density at radius 1 is 0.568 bits per heavy atom. The fourth-order valence-corrected chi connectivity index (χ4v) is 6.29. The van der Waals surface area contributed by atoms with Gasteiger partial charge in [-0.2, -0.15) is 0 Å². The van der Waals surface area contributed by atoms with Gasteiger partial charge in [0.2, 0.25) is 0 Å². The van der Waals surface area contributed by atoms with E-state index in [0.717, 1.165) is 19.3 Å². The first-order chi connectivity index (χ1) is 16.9. The highest BCUT2D eigenvalue weighted by molar-refractivity contribution is 5.93. The van der Waals surface area contributed by atoms with Crippen molar-refractivity contribution in [1.29, 1.82) is 0 Å². The second kappa shape index (κ2) is 15.7. The Bertz CT molecular complexity index is 695. The molecule has 5 atom stereocenters. The Labute approximate surface area is 225 Å². The molecule has 0 saturated carbocycles. The highest BCUT2D eigenvalue weighted by atomic mass is 16.4. The Balaban J connectivity index is 6.60. The lowest BCUT2D eigenvalue weighted by molar-refractivity contribution is -0.208. The SMILES string of the molecule is CC(C)CC(C)CCC(C(=O)O)C(O)(C(=O)O)C(CCC(C)CC(C)C)(CCC(C)CC(C)C)C(=O)O. The van der Waals surface area contributed by atoms with Crippen LogP contribution in [0, 0.1) is 46.8 Å². The van der Waals surface area contributed by atoms with Crippen molar-refractivity contribution in [2.24, 2.45) is 46.8 Å². The molecular weight excluding hydrogens is 472 g/mol. The normalized spacial score (nSPS) is 18.7. The molecule has 0 spiro atoms. The average Bonchev–Trinajstić information content (AvgIpc) is 2.71. The van der Waals surface area contributed by atoms with Crippen LogP contribution in [0.1, 0.15) is 120 Å². The van der Waals surface area contributed by atoms with E-state index in [9.17, 15) is 34.8 Å². The van der Waals surface area contributed by atoms with Gasteiger partial charge in [-0.3, -0.25) is 9.59 Å². The van der Waals surface area contributed by atoms with Crippen molar-refractivity contribution in [3.05, 3.63) is 0 Å². The number of rotatable bonds is 20. The molecule has 0 aliphatic rings. The Morgan fingerprint density at radius 2 is 0.919 bits per heavy atom. The molecule has 0 aliphatic heterocycles. The van der Waals surface area contributed by atoms with Crippen LogP contribution in [-0.2, 0) is 14.4 Å². The van der Waals surface area contributed by atoms with E-state index >= 15 is 0 Å². The first kappa shape index (κ1) is 35.4. The summed E-state index contributed by atoms with van der Waals surface area (Å²) in [6.07, 6.45) is 3.43. The minimum Gasteiger partial charge on any atom is -0.481 e. The number of hydrogen-bond donors (Lipinski definition) is 4. The maximum atomic E-state index is 13.0. The van der Waals surface area contributed by atoms with Gasteiger partial charge in [0.25, 0.3) is 0 Å². The Kier molecular flexibility index (Phi) is 15.0. The van der Waals surface area contributed by atoms with Gasteiger partial charge >= 0.3 is 17.9 Å². The van der Waals surface area contributed by atoms with Crippen LogP contribution < -0.4 is 0 Å². The molecule has 0 radical (unpaired) electrons. The maximum Gasteiger partial charge on any atom is 0.337 e. The van der Waals surface area contributed by atoms with Crippen molar-refractivity contribution < 1.29 is 34.8 Å². The molecule has 0 rings (SSSR count). The highest BCUT2D eigenvalue weighted by Gasteiger charge is 2.65. The van der Waals surface area contributed by atoms with Crippen molar-refractivity contribution in [3.8, 4) is 0 Å². The van der Waals surface area contributed by atoms with Gasteiger partial charge in [0.1, 0.15) is 5.41 Å². The summed E-state index contributed by atoms with van der Waals surface area (Å²) in [6.45, 7) is 18.4. The summed E-state index contributed by atoms with van der Waals surface area (Å²) in [5.74, 6) is -4.87. The van der Waals surface area contributed by atoms with Gasteiger partial charge in [0.15, 0.2) is 5.60 Å². The minimum absolute atomic E-state index is 0.0846. The van der Waals surface area contributed by atoms with Crippen molar-refractivity contribution in [1.82, 2.24) is 0 Å². The smallest absolute Gasteiger partial charge is 0.337 e. The molecule has 4 N–H and O–H groups in total. The van der Waals surface area contributed by atoms with Crippen LogP contribution in [0.4, 0.5) is 0 Å². The molecule has 0 aromatic heterocycles. The largest absolute Gasteiger partial charge is 0.481 e. The highest BCUT2D eigenvalue weighted by Crippen LogP contribution is 2.49. The first-order valence-electron chi connectivity index (χ1n) is 14.3. The van der Waals surface area contributed by atoms with Crippen LogP contribution in [0.3, 0.4) is 0 Å². The molecule has 0 aromatic rings. The molecule has 0 amide bonds. The molecule has 0 aliphatic carbocycles. The van der Waals surface area contributed by atoms with Crippen LogP contribution in [-0.4, -0.2) is 43.9 Å². The zero-order valence-corrected chi connectivity index (χ0v) is 24.9. The Hall–Kier alpha value is -1.63. The van der Waals surface area contributed by atoms with E-state index in [1.165, 1.54) is 0 Å². The standard InChI is InChI=1S/C30H56O7/c1-19(2)16-22(7)10-11-25(26(31)32)30(37,28(35)36)29(27(33)34,14-12-23(8)17-20(3)4)15-13-24(9)18-21(5)6/h19-25,37H,10-18H2,1-9H3,(H,31,32)(H,33,34)(H,35,36). The second-order valence-electron chi connectivity index (χ2n) is 13.2. The van der Waals surface area contributed by atoms with Crippen LogP contribution in [0.2, 0.25) is 0 Å². The number of aliphatic hydroxyl groups is 1. The molecule has 7 nitrogen and oxygen atoms in total. The summed E-state index contributed by atoms with van der Waals surface area (Å²) in [5.41, 5.74) is -5.04. The monoisotopic (exact) mass is 528 g/mol. The number of aliphatic carboxylic acids is 3. The molecular formula is C30H56O7. The number of hydrogen-bond acceptors (Lipinski definition) is 4. The molecule has 218 valence electrons. The molecule has 0 heterocycles. The van der Waals surface area contributed by atoms with Crippen molar-refractivity contribution in [2.45, 2.75) is 126 Å². The third-order valence-electron chi connectivity index (χ3n) is 7.96. The predicted octanol–water partition coefficient (Wildman–Crippen LogP) is 6.96. The van der Waals surface area contributed by atoms with Gasteiger partial charge < -0.3 is 20.4 Å². The van der Waals surface area contributed by atoms with Gasteiger partial charge in [0, 0.05) is 0 Å². The van der Waals surface area contributed by atoms with E-state index in [2.05, 4.69) is 41.5 Å². The number of carboxylic acid groups (broad SMARTS) is 3. The van der Waals surface area contributed by atoms with Gasteiger partial charge in [-0.25, -0.2) is 4.79 Å². The molecule has 7 heteroatoms. The third-order valence-corrected chi connectivity index (χ3v) is 7.96. The molecule has 0 bridgehead atoms. The van der Waals surface area contributed by atoms with Gasteiger partial charge in [0.05, 0.1) is 5.92 Å². The average molecular weight is 529 g/mol.